The minimum atomic E-state index is -1.14. The molecule has 2 aromatic rings. The summed E-state index contributed by atoms with van der Waals surface area (Å²) < 4.78 is 5.93. The van der Waals surface area contributed by atoms with Gasteiger partial charge in [0.2, 0.25) is 0 Å². The summed E-state index contributed by atoms with van der Waals surface area (Å²) in [5, 5.41) is 11.3. The van der Waals surface area contributed by atoms with Crippen molar-refractivity contribution in [1.82, 2.24) is 9.88 Å². The number of hydrogen-bond acceptors (Lipinski definition) is 4. The molecule has 0 radical (unpaired) electrons. The Hall–Kier alpha value is -2.57. The second kappa shape index (κ2) is 4.97. The number of nitrogens with one attached hydrogen (secondary N) is 1. The van der Waals surface area contributed by atoms with Gasteiger partial charge in [-0.25, -0.2) is 4.79 Å². The Kier molecular flexibility index (Phi) is 3.37. The fraction of sp³-hybridized carbons (Fsp3) is 0.250. The molecule has 0 fully saturated rings. The van der Waals surface area contributed by atoms with Crippen LogP contribution in [0.15, 0.2) is 27.4 Å². The van der Waals surface area contributed by atoms with Crippen molar-refractivity contribution in [2.24, 2.45) is 0 Å². The molecule has 0 atom stereocenters. The smallest absolute Gasteiger partial charge is 0.420 e. The van der Waals surface area contributed by atoms with Gasteiger partial charge in [0.15, 0.2) is 5.58 Å². The molecule has 0 aliphatic carbocycles. The lowest BCUT2D eigenvalue weighted by Gasteiger charge is -2.02. The highest BCUT2D eigenvalue weighted by Gasteiger charge is 2.14. The van der Waals surface area contributed by atoms with E-state index in [-0.39, 0.29) is 11.5 Å². The number of amides is 1. The van der Waals surface area contributed by atoms with Gasteiger partial charge in [-0.05, 0) is 25.1 Å². The average Bonchev–Trinajstić information content (AvgIpc) is 2.65. The number of aromatic nitrogens is 1. The third-order valence-electron chi connectivity index (χ3n) is 2.56. The van der Waals surface area contributed by atoms with Crippen molar-refractivity contribution >= 4 is 23.0 Å². The van der Waals surface area contributed by atoms with E-state index in [0.29, 0.717) is 17.6 Å². The van der Waals surface area contributed by atoms with Gasteiger partial charge in [0.1, 0.15) is 6.54 Å². The monoisotopic (exact) mass is 264 g/mol. The van der Waals surface area contributed by atoms with E-state index < -0.39 is 18.3 Å². The molecule has 1 aromatic carbocycles. The number of carboxylic acids is 1. The van der Waals surface area contributed by atoms with Crippen molar-refractivity contribution < 1.29 is 19.1 Å². The Labute approximate surface area is 107 Å². The van der Waals surface area contributed by atoms with E-state index in [4.69, 9.17) is 9.52 Å². The minimum Gasteiger partial charge on any atom is -0.480 e. The third-order valence-corrected chi connectivity index (χ3v) is 2.56. The molecule has 100 valence electrons. The number of benzene rings is 1. The number of rotatable bonds is 4. The number of aliphatic carboxylic acids is 1. The predicted octanol–water partition coefficient (Wildman–Crippen LogP) is 0.429. The number of nitrogens with zero attached hydrogens (tertiary/aromatic N) is 1. The summed E-state index contributed by atoms with van der Waals surface area (Å²) in [6, 6.07) is 4.43. The quantitative estimate of drug-likeness (QED) is 0.833. The van der Waals surface area contributed by atoms with Gasteiger partial charge in [0.05, 0.1) is 5.52 Å². The number of fused-ring (bicyclic) bond motifs is 1. The van der Waals surface area contributed by atoms with Gasteiger partial charge in [0, 0.05) is 12.1 Å². The van der Waals surface area contributed by atoms with E-state index >= 15 is 0 Å². The highest BCUT2D eigenvalue weighted by Crippen LogP contribution is 2.15. The molecule has 1 heterocycles. The molecule has 0 bridgehead atoms. The molecule has 1 aromatic heterocycles. The van der Waals surface area contributed by atoms with Gasteiger partial charge in [-0.2, -0.15) is 0 Å². The summed E-state index contributed by atoms with van der Waals surface area (Å²) >= 11 is 0. The van der Waals surface area contributed by atoms with Crippen LogP contribution in [0.5, 0.6) is 0 Å². The van der Waals surface area contributed by atoms with Crippen LogP contribution >= 0.6 is 0 Å². The van der Waals surface area contributed by atoms with Crippen LogP contribution in [0.25, 0.3) is 11.1 Å². The summed E-state index contributed by atoms with van der Waals surface area (Å²) in [5.41, 5.74) is 0.890. The van der Waals surface area contributed by atoms with E-state index in [0.717, 1.165) is 4.57 Å². The average molecular weight is 264 g/mol. The number of oxazole rings is 1. The Balaban J connectivity index is 2.49. The first-order chi connectivity index (χ1) is 9.02. The van der Waals surface area contributed by atoms with Crippen LogP contribution in [-0.4, -0.2) is 28.1 Å². The maximum Gasteiger partial charge on any atom is 0.420 e. The number of carbonyl (C=O) groups is 2. The van der Waals surface area contributed by atoms with Crippen LogP contribution in [0, 0.1) is 0 Å². The van der Waals surface area contributed by atoms with Crippen LogP contribution in [0.2, 0.25) is 0 Å². The molecule has 7 nitrogen and oxygen atoms in total. The second-order valence-electron chi connectivity index (χ2n) is 3.89. The standard InChI is InChI=1S/C12H12N2O5/c1-2-13-11(17)7-3-4-8-9(5-7)19-12(18)14(8)6-10(15)16/h3-5H,2,6H2,1H3,(H,13,17)(H,15,16). The highest BCUT2D eigenvalue weighted by molar-refractivity contribution is 5.97. The zero-order chi connectivity index (χ0) is 14.0. The summed E-state index contributed by atoms with van der Waals surface area (Å²) in [6.07, 6.45) is 0. The Morgan fingerprint density at radius 1 is 1.42 bits per heavy atom. The first-order valence-electron chi connectivity index (χ1n) is 5.66. The van der Waals surface area contributed by atoms with Gasteiger partial charge in [-0.15, -0.1) is 0 Å². The van der Waals surface area contributed by atoms with Crippen molar-refractivity contribution in [2.45, 2.75) is 13.5 Å². The largest absolute Gasteiger partial charge is 0.480 e. The maximum absolute atomic E-state index is 11.6. The molecule has 0 saturated heterocycles. The van der Waals surface area contributed by atoms with E-state index in [1.54, 1.807) is 6.92 Å². The molecule has 2 rings (SSSR count). The van der Waals surface area contributed by atoms with Crippen molar-refractivity contribution in [3.05, 3.63) is 34.3 Å². The fourth-order valence-corrected chi connectivity index (χ4v) is 1.76. The third kappa shape index (κ3) is 2.49. The van der Waals surface area contributed by atoms with E-state index in [2.05, 4.69) is 5.32 Å². The number of carboxylic acid groups (broad SMARTS) is 1. The van der Waals surface area contributed by atoms with Crippen molar-refractivity contribution in [2.75, 3.05) is 6.54 Å². The Morgan fingerprint density at radius 3 is 2.79 bits per heavy atom. The van der Waals surface area contributed by atoms with Gasteiger partial charge in [-0.1, -0.05) is 0 Å². The molecule has 0 saturated carbocycles. The summed E-state index contributed by atoms with van der Waals surface area (Å²) in [4.78, 5) is 33.8. The molecule has 2 N–H and O–H groups in total. The number of carbonyl (C=O) groups excluding carboxylic acids is 1. The fourth-order valence-electron chi connectivity index (χ4n) is 1.76. The summed E-state index contributed by atoms with van der Waals surface area (Å²) in [5.74, 6) is -2.18. The number of hydrogen-bond donors (Lipinski definition) is 2. The van der Waals surface area contributed by atoms with Crippen LogP contribution in [-0.2, 0) is 11.3 Å². The highest BCUT2D eigenvalue weighted by atomic mass is 16.4. The molecule has 0 aliphatic rings. The molecular formula is C12H12N2O5. The van der Waals surface area contributed by atoms with Crippen LogP contribution < -0.4 is 11.1 Å². The van der Waals surface area contributed by atoms with E-state index in [1.165, 1.54) is 18.2 Å². The predicted molar refractivity (Wildman–Crippen MR) is 66.1 cm³/mol. The molecule has 0 unspecified atom stereocenters. The molecule has 19 heavy (non-hydrogen) atoms. The van der Waals surface area contributed by atoms with Crippen molar-refractivity contribution in [1.29, 1.82) is 0 Å². The lowest BCUT2D eigenvalue weighted by Crippen LogP contribution is -2.22. The maximum atomic E-state index is 11.6. The minimum absolute atomic E-state index is 0.190. The second-order valence-corrected chi connectivity index (χ2v) is 3.89. The van der Waals surface area contributed by atoms with Crippen LogP contribution in [0.4, 0.5) is 0 Å². The molecule has 1 amide bonds. The van der Waals surface area contributed by atoms with Crippen LogP contribution in [0.1, 0.15) is 17.3 Å². The first-order valence-corrected chi connectivity index (χ1v) is 5.66. The lowest BCUT2D eigenvalue weighted by molar-refractivity contribution is -0.137. The van der Waals surface area contributed by atoms with Crippen molar-refractivity contribution in [3.63, 3.8) is 0 Å². The van der Waals surface area contributed by atoms with Gasteiger partial charge >= 0.3 is 11.7 Å². The topological polar surface area (TPSA) is 102 Å². The molecule has 0 aliphatic heterocycles. The van der Waals surface area contributed by atoms with Crippen molar-refractivity contribution in [3.8, 4) is 0 Å². The lowest BCUT2D eigenvalue weighted by atomic mass is 10.2. The normalized spacial score (nSPS) is 10.6. The zero-order valence-electron chi connectivity index (χ0n) is 10.2. The van der Waals surface area contributed by atoms with Gasteiger partial charge in [-0.3, -0.25) is 14.2 Å². The Morgan fingerprint density at radius 2 is 2.16 bits per heavy atom. The van der Waals surface area contributed by atoms with E-state index in [1.807, 2.05) is 0 Å². The molecule has 0 spiro atoms. The van der Waals surface area contributed by atoms with Gasteiger partial charge < -0.3 is 14.8 Å². The van der Waals surface area contributed by atoms with Gasteiger partial charge in [0.25, 0.3) is 5.91 Å². The van der Waals surface area contributed by atoms with Crippen LogP contribution in [0.3, 0.4) is 0 Å². The molecule has 7 heteroatoms. The first kappa shape index (κ1) is 12.9. The summed E-state index contributed by atoms with van der Waals surface area (Å²) in [7, 11) is 0. The zero-order valence-corrected chi connectivity index (χ0v) is 10.2. The SMILES string of the molecule is CCNC(=O)c1ccc2c(c1)oc(=O)n2CC(=O)O. The van der Waals surface area contributed by atoms with E-state index in [9.17, 15) is 14.4 Å². The molecular weight excluding hydrogens is 252 g/mol. The summed E-state index contributed by atoms with van der Waals surface area (Å²) in [6.45, 7) is 1.80. The Bertz CT molecular complexity index is 698.